The molecule has 0 fully saturated rings. The van der Waals surface area contributed by atoms with Crippen molar-refractivity contribution < 1.29 is 0 Å². The molecule has 66 valence electrons. The topological polar surface area (TPSA) is 38.9 Å². The number of pyridine rings is 1. The van der Waals surface area contributed by atoms with E-state index in [9.17, 15) is 0 Å². The highest BCUT2D eigenvalue weighted by Crippen LogP contribution is 2.09. The summed E-state index contributed by atoms with van der Waals surface area (Å²) in [5, 5.41) is 0. The van der Waals surface area contributed by atoms with Gasteiger partial charge >= 0.3 is 0 Å². The van der Waals surface area contributed by atoms with Gasteiger partial charge in [-0.2, -0.15) is 0 Å². The standard InChI is InChI=1S/C10H16N2/c1-2-9-8-12-7-5-10(9)4-3-6-11/h5,7-8H,2-4,6,11H2,1H3. The van der Waals surface area contributed by atoms with E-state index in [2.05, 4.69) is 18.0 Å². The van der Waals surface area contributed by atoms with Crippen LogP contribution in [-0.4, -0.2) is 11.5 Å². The molecular formula is C10H16N2. The second-order valence-electron chi connectivity index (χ2n) is 2.89. The van der Waals surface area contributed by atoms with Crippen molar-refractivity contribution in [1.29, 1.82) is 0 Å². The van der Waals surface area contributed by atoms with Gasteiger partial charge < -0.3 is 5.73 Å². The van der Waals surface area contributed by atoms with Gasteiger partial charge in [0.1, 0.15) is 0 Å². The van der Waals surface area contributed by atoms with Gasteiger partial charge in [-0.3, -0.25) is 4.98 Å². The summed E-state index contributed by atoms with van der Waals surface area (Å²) in [6.45, 7) is 2.93. The number of rotatable bonds is 4. The minimum atomic E-state index is 0.769. The summed E-state index contributed by atoms with van der Waals surface area (Å²) in [4.78, 5) is 4.09. The third-order valence-corrected chi connectivity index (χ3v) is 2.04. The van der Waals surface area contributed by atoms with Crippen LogP contribution in [0.15, 0.2) is 18.5 Å². The number of hydrogen-bond acceptors (Lipinski definition) is 2. The van der Waals surface area contributed by atoms with E-state index in [1.165, 1.54) is 11.1 Å². The quantitative estimate of drug-likeness (QED) is 0.733. The van der Waals surface area contributed by atoms with Crippen LogP contribution < -0.4 is 5.73 Å². The van der Waals surface area contributed by atoms with Crippen LogP contribution in [0.1, 0.15) is 24.5 Å². The molecular weight excluding hydrogens is 148 g/mol. The molecule has 0 aliphatic heterocycles. The largest absolute Gasteiger partial charge is 0.330 e. The zero-order chi connectivity index (χ0) is 8.81. The Morgan fingerprint density at radius 3 is 2.92 bits per heavy atom. The molecule has 0 spiro atoms. The Kier molecular flexibility index (Phi) is 3.74. The van der Waals surface area contributed by atoms with E-state index in [1.807, 2.05) is 12.4 Å². The molecule has 0 atom stereocenters. The minimum Gasteiger partial charge on any atom is -0.330 e. The van der Waals surface area contributed by atoms with Crippen molar-refractivity contribution in [3.63, 3.8) is 0 Å². The molecule has 1 aromatic heterocycles. The van der Waals surface area contributed by atoms with E-state index in [0.29, 0.717) is 0 Å². The predicted octanol–water partition coefficient (Wildman–Crippen LogP) is 1.54. The number of nitrogens with two attached hydrogens (primary N) is 1. The van der Waals surface area contributed by atoms with Crippen LogP contribution >= 0.6 is 0 Å². The van der Waals surface area contributed by atoms with Gasteiger partial charge in [0.05, 0.1) is 0 Å². The van der Waals surface area contributed by atoms with Gasteiger partial charge in [-0.05, 0) is 43.0 Å². The van der Waals surface area contributed by atoms with Crippen LogP contribution in [0, 0.1) is 0 Å². The van der Waals surface area contributed by atoms with Crippen molar-refractivity contribution in [2.24, 2.45) is 5.73 Å². The summed E-state index contributed by atoms with van der Waals surface area (Å²) < 4.78 is 0. The summed E-state index contributed by atoms with van der Waals surface area (Å²) in [6, 6.07) is 2.09. The van der Waals surface area contributed by atoms with E-state index in [1.54, 1.807) is 0 Å². The van der Waals surface area contributed by atoms with Crippen LogP contribution in [0.2, 0.25) is 0 Å². The van der Waals surface area contributed by atoms with Crippen LogP contribution in [0.3, 0.4) is 0 Å². The normalized spacial score (nSPS) is 10.2. The summed E-state index contributed by atoms with van der Waals surface area (Å²) >= 11 is 0. The van der Waals surface area contributed by atoms with Crippen LogP contribution in [0.4, 0.5) is 0 Å². The summed E-state index contributed by atoms with van der Waals surface area (Å²) in [6.07, 6.45) is 7.02. The molecule has 2 nitrogen and oxygen atoms in total. The van der Waals surface area contributed by atoms with Gasteiger partial charge in [0.25, 0.3) is 0 Å². The van der Waals surface area contributed by atoms with Gasteiger partial charge in [0.2, 0.25) is 0 Å². The lowest BCUT2D eigenvalue weighted by Gasteiger charge is -2.04. The molecule has 0 amide bonds. The second kappa shape index (κ2) is 4.88. The van der Waals surface area contributed by atoms with Crippen LogP contribution in [0.5, 0.6) is 0 Å². The molecule has 1 rings (SSSR count). The van der Waals surface area contributed by atoms with Crippen molar-refractivity contribution in [1.82, 2.24) is 4.98 Å². The Hall–Kier alpha value is -0.890. The molecule has 0 bridgehead atoms. The van der Waals surface area contributed by atoms with Crippen molar-refractivity contribution in [2.45, 2.75) is 26.2 Å². The first-order valence-corrected chi connectivity index (χ1v) is 4.50. The molecule has 0 aliphatic carbocycles. The monoisotopic (exact) mass is 164 g/mol. The Morgan fingerprint density at radius 2 is 2.25 bits per heavy atom. The highest BCUT2D eigenvalue weighted by molar-refractivity contribution is 5.23. The van der Waals surface area contributed by atoms with E-state index in [-0.39, 0.29) is 0 Å². The Balaban J connectivity index is 2.68. The third kappa shape index (κ3) is 2.31. The zero-order valence-corrected chi connectivity index (χ0v) is 7.59. The van der Waals surface area contributed by atoms with E-state index >= 15 is 0 Å². The zero-order valence-electron chi connectivity index (χ0n) is 7.59. The van der Waals surface area contributed by atoms with Gasteiger partial charge in [0.15, 0.2) is 0 Å². The Bertz CT molecular complexity index is 233. The summed E-state index contributed by atoms with van der Waals surface area (Å²) in [5.74, 6) is 0. The minimum absolute atomic E-state index is 0.769. The Labute approximate surface area is 73.8 Å². The Morgan fingerprint density at radius 1 is 1.42 bits per heavy atom. The lowest BCUT2D eigenvalue weighted by Crippen LogP contribution is -2.02. The third-order valence-electron chi connectivity index (χ3n) is 2.04. The van der Waals surface area contributed by atoms with Gasteiger partial charge in [0, 0.05) is 12.4 Å². The smallest absolute Gasteiger partial charge is 0.0302 e. The van der Waals surface area contributed by atoms with Gasteiger partial charge in [-0.25, -0.2) is 0 Å². The van der Waals surface area contributed by atoms with Crippen LogP contribution in [0.25, 0.3) is 0 Å². The van der Waals surface area contributed by atoms with Gasteiger partial charge in [-0.15, -0.1) is 0 Å². The average molecular weight is 164 g/mol. The number of aryl methyl sites for hydroxylation is 2. The molecule has 1 heterocycles. The lowest BCUT2D eigenvalue weighted by atomic mass is 10.0. The average Bonchev–Trinajstić information content (AvgIpc) is 2.15. The molecule has 2 heteroatoms. The first-order valence-electron chi connectivity index (χ1n) is 4.50. The molecule has 0 unspecified atom stereocenters. The second-order valence-corrected chi connectivity index (χ2v) is 2.89. The maximum absolute atomic E-state index is 5.45. The lowest BCUT2D eigenvalue weighted by molar-refractivity contribution is 0.819. The molecule has 0 radical (unpaired) electrons. The highest BCUT2D eigenvalue weighted by Gasteiger charge is 1.98. The molecule has 2 N–H and O–H groups in total. The maximum atomic E-state index is 5.45. The predicted molar refractivity (Wildman–Crippen MR) is 51.0 cm³/mol. The highest BCUT2D eigenvalue weighted by atomic mass is 14.6. The van der Waals surface area contributed by atoms with E-state index in [0.717, 1.165) is 25.8 Å². The van der Waals surface area contributed by atoms with Crippen molar-refractivity contribution in [3.8, 4) is 0 Å². The number of nitrogens with zero attached hydrogens (tertiary/aromatic N) is 1. The van der Waals surface area contributed by atoms with Gasteiger partial charge in [-0.1, -0.05) is 6.92 Å². The number of hydrogen-bond donors (Lipinski definition) is 1. The molecule has 0 aromatic carbocycles. The fourth-order valence-electron chi connectivity index (χ4n) is 1.31. The molecule has 12 heavy (non-hydrogen) atoms. The first kappa shape index (κ1) is 9.20. The maximum Gasteiger partial charge on any atom is 0.0302 e. The summed E-state index contributed by atoms with van der Waals surface area (Å²) in [5.41, 5.74) is 8.21. The van der Waals surface area contributed by atoms with E-state index < -0.39 is 0 Å². The molecule has 0 aliphatic rings. The number of aromatic nitrogens is 1. The van der Waals surface area contributed by atoms with Crippen LogP contribution in [-0.2, 0) is 12.8 Å². The summed E-state index contributed by atoms with van der Waals surface area (Å²) in [7, 11) is 0. The fraction of sp³-hybridized carbons (Fsp3) is 0.500. The molecule has 1 aromatic rings. The van der Waals surface area contributed by atoms with Crippen molar-refractivity contribution >= 4 is 0 Å². The fourth-order valence-corrected chi connectivity index (χ4v) is 1.31. The van der Waals surface area contributed by atoms with E-state index in [4.69, 9.17) is 5.73 Å². The SMILES string of the molecule is CCc1cnccc1CCCN. The van der Waals surface area contributed by atoms with Crippen molar-refractivity contribution in [2.75, 3.05) is 6.54 Å². The molecule has 0 saturated heterocycles. The van der Waals surface area contributed by atoms with Crippen molar-refractivity contribution in [3.05, 3.63) is 29.6 Å². The first-order chi connectivity index (χ1) is 5.88. The molecule has 0 saturated carbocycles.